The summed E-state index contributed by atoms with van der Waals surface area (Å²) in [6.07, 6.45) is 7.87. The molecule has 18 heavy (non-hydrogen) atoms. The van der Waals surface area contributed by atoms with Gasteiger partial charge in [-0.05, 0) is 38.5 Å². The van der Waals surface area contributed by atoms with Crippen molar-refractivity contribution >= 4 is 17.4 Å². The normalized spacial score (nSPS) is 20.3. The maximum absolute atomic E-state index is 6.20. The molecule has 0 saturated heterocycles. The number of nitrogens with zero attached hydrogens (tertiary/aromatic N) is 2. The zero-order valence-corrected chi connectivity index (χ0v) is 11.6. The zero-order chi connectivity index (χ0) is 12.5. The fourth-order valence-electron chi connectivity index (χ4n) is 2.66. The molecule has 0 unspecified atom stereocenters. The van der Waals surface area contributed by atoms with Crippen molar-refractivity contribution < 1.29 is 0 Å². The predicted molar refractivity (Wildman–Crippen MR) is 74.2 cm³/mol. The molecule has 2 aliphatic rings. The number of rotatable bonds is 4. The van der Waals surface area contributed by atoms with E-state index in [4.69, 9.17) is 11.6 Å². The summed E-state index contributed by atoms with van der Waals surface area (Å²) in [5.74, 6) is 3.24. The number of nitrogens with one attached hydrogen (secondary N) is 1. The predicted octanol–water partition coefficient (Wildman–Crippen LogP) is 3.92. The smallest absolute Gasteiger partial charge is 0.137 e. The zero-order valence-electron chi connectivity index (χ0n) is 10.9. The Balaban J connectivity index is 1.72. The van der Waals surface area contributed by atoms with Gasteiger partial charge in [-0.25, -0.2) is 9.97 Å². The quantitative estimate of drug-likeness (QED) is 0.839. The van der Waals surface area contributed by atoms with Crippen molar-refractivity contribution in [1.29, 1.82) is 0 Å². The number of hydrogen-bond donors (Lipinski definition) is 1. The van der Waals surface area contributed by atoms with Crippen molar-refractivity contribution in [2.45, 2.75) is 51.4 Å². The molecular formula is C14H20ClN3. The van der Waals surface area contributed by atoms with Crippen LogP contribution in [0.5, 0.6) is 0 Å². The summed E-state index contributed by atoms with van der Waals surface area (Å²) in [7, 11) is 0. The molecule has 1 N–H and O–H groups in total. The Bertz CT molecular complexity index is 437. The first-order valence-electron chi connectivity index (χ1n) is 7.02. The SMILES string of the molecule is Cc1c(Cl)nc(C2CC2)nc1NCC1CCCC1. The van der Waals surface area contributed by atoms with Crippen LogP contribution in [0.2, 0.25) is 5.15 Å². The second-order valence-corrected chi connectivity index (χ2v) is 6.01. The van der Waals surface area contributed by atoms with Crippen molar-refractivity contribution in [3.05, 3.63) is 16.5 Å². The van der Waals surface area contributed by atoms with E-state index in [9.17, 15) is 0 Å². The molecule has 2 fully saturated rings. The maximum Gasteiger partial charge on any atom is 0.137 e. The lowest BCUT2D eigenvalue weighted by molar-refractivity contribution is 0.578. The number of hydrogen-bond acceptors (Lipinski definition) is 3. The van der Waals surface area contributed by atoms with E-state index < -0.39 is 0 Å². The van der Waals surface area contributed by atoms with E-state index in [-0.39, 0.29) is 0 Å². The fraction of sp³-hybridized carbons (Fsp3) is 0.714. The summed E-state index contributed by atoms with van der Waals surface area (Å²) in [6.45, 7) is 3.02. The van der Waals surface area contributed by atoms with Crippen molar-refractivity contribution in [3.63, 3.8) is 0 Å². The van der Waals surface area contributed by atoms with Crippen molar-refractivity contribution in [3.8, 4) is 0 Å². The minimum Gasteiger partial charge on any atom is -0.369 e. The highest BCUT2D eigenvalue weighted by Crippen LogP contribution is 2.39. The highest BCUT2D eigenvalue weighted by molar-refractivity contribution is 6.30. The summed E-state index contributed by atoms with van der Waals surface area (Å²) in [5, 5.41) is 4.10. The van der Waals surface area contributed by atoms with E-state index in [2.05, 4.69) is 15.3 Å². The van der Waals surface area contributed by atoms with E-state index in [1.54, 1.807) is 0 Å². The van der Waals surface area contributed by atoms with Gasteiger partial charge in [0.05, 0.1) is 0 Å². The van der Waals surface area contributed by atoms with Crippen LogP contribution in [-0.4, -0.2) is 16.5 Å². The minimum atomic E-state index is 0.551. The van der Waals surface area contributed by atoms with Crippen LogP contribution in [0.15, 0.2) is 0 Å². The number of aromatic nitrogens is 2. The summed E-state index contributed by atoms with van der Waals surface area (Å²) in [4.78, 5) is 9.04. The average Bonchev–Trinajstić information content (AvgIpc) is 3.08. The molecule has 0 spiro atoms. The van der Waals surface area contributed by atoms with Gasteiger partial charge in [0, 0.05) is 18.0 Å². The van der Waals surface area contributed by atoms with Gasteiger partial charge in [0.15, 0.2) is 0 Å². The van der Waals surface area contributed by atoms with Gasteiger partial charge < -0.3 is 5.32 Å². The first-order chi connectivity index (χ1) is 8.74. The van der Waals surface area contributed by atoms with Crippen LogP contribution in [0.3, 0.4) is 0 Å². The van der Waals surface area contributed by atoms with E-state index in [0.717, 1.165) is 29.7 Å². The lowest BCUT2D eigenvalue weighted by Gasteiger charge is -2.14. The molecule has 1 aromatic heterocycles. The first-order valence-corrected chi connectivity index (χ1v) is 7.39. The van der Waals surface area contributed by atoms with Crippen molar-refractivity contribution in [1.82, 2.24) is 9.97 Å². The Kier molecular flexibility index (Phi) is 3.42. The van der Waals surface area contributed by atoms with Gasteiger partial charge in [0.1, 0.15) is 16.8 Å². The Morgan fingerprint density at radius 3 is 2.56 bits per heavy atom. The molecule has 0 radical (unpaired) electrons. The van der Waals surface area contributed by atoms with Crippen LogP contribution in [0, 0.1) is 12.8 Å². The number of anilines is 1. The highest BCUT2D eigenvalue weighted by Gasteiger charge is 2.28. The van der Waals surface area contributed by atoms with Crippen LogP contribution in [-0.2, 0) is 0 Å². The Morgan fingerprint density at radius 2 is 1.89 bits per heavy atom. The highest BCUT2D eigenvalue weighted by atomic mass is 35.5. The topological polar surface area (TPSA) is 37.8 Å². The summed E-state index contributed by atoms with van der Waals surface area (Å²) in [5.41, 5.74) is 0.985. The summed E-state index contributed by atoms with van der Waals surface area (Å²) in [6, 6.07) is 0. The fourth-order valence-corrected chi connectivity index (χ4v) is 2.83. The van der Waals surface area contributed by atoms with E-state index in [1.165, 1.54) is 38.5 Å². The third-order valence-corrected chi connectivity index (χ3v) is 4.45. The van der Waals surface area contributed by atoms with Gasteiger partial charge in [-0.15, -0.1) is 0 Å². The lowest BCUT2D eigenvalue weighted by atomic mass is 10.1. The van der Waals surface area contributed by atoms with Crippen LogP contribution in [0.1, 0.15) is 55.8 Å². The first kappa shape index (κ1) is 12.2. The third-order valence-electron chi connectivity index (χ3n) is 4.08. The van der Waals surface area contributed by atoms with Crippen LogP contribution >= 0.6 is 11.6 Å². The van der Waals surface area contributed by atoms with Gasteiger partial charge in [0.25, 0.3) is 0 Å². The van der Waals surface area contributed by atoms with Gasteiger partial charge >= 0.3 is 0 Å². The number of halogens is 1. The molecule has 0 amide bonds. The van der Waals surface area contributed by atoms with Crippen molar-refractivity contribution in [2.75, 3.05) is 11.9 Å². The molecule has 4 heteroatoms. The standard InChI is InChI=1S/C14H20ClN3/c1-9-12(15)17-14(11-6-7-11)18-13(9)16-8-10-4-2-3-5-10/h10-11H,2-8H2,1H3,(H,16,17,18). The lowest BCUT2D eigenvalue weighted by Crippen LogP contribution is -2.14. The van der Waals surface area contributed by atoms with Gasteiger partial charge in [-0.2, -0.15) is 0 Å². The third kappa shape index (κ3) is 2.61. The Morgan fingerprint density at radius 1 is 1.17 bits per heavy atom. The molecule has 0 aliphatic heterocycles. The molecular weight excluding hydrogens is 246 g/mol. The molecule has 3 nitrogen and oxygen atoms in total. The molecule has 3 rings (SSSR count). The second kappa shape index (κ2) is 5.04. The molecule has 2 aliphatic carbocycles. The van der Waals surface area contributed by atoms with Gasteiger partial charge in [0.2, 0.25) is 0 Å². The monoisotopic (exact) mass is 265 g/mol. The van der Waals surface area contributed by atoms with E-state index in [0.29, 0.717) is 11.1 Å². The van der Waals surface area contributed by atoms with Gasteiger partial charge in [-0.3, -0.25) is 0 Å². The Hall–Kier alpha value is -0.830. The molecule has 2 saturated carbocycles. The summed E-state index contributed by atoms with van der Waals surface area (Å²) < 4.78 is 0. The van der Waals surface area contributed by atoms with Gasteiger partial charge in [-0.1, -0.05) is 24.4 Å². The maximum atomic E-state index is 6.20. The molecule has 0 bridgehead atoms. The van der Waals surface area contributed by atoms with Crippen LogP contribution < -0.4 is 5.32 Å². The molecule has 1 heterocycles. The van der Waals surface area contributed by atoms with Crippen molar-refractivity contribution in [2.24, 2.45) is 5.92 Å². The summed E-state index contributed by atoms with van der Waals surface area (Å²) >= 11 is 6.20. The average molecular weight is 266 g/mol. The molecule has 1 aromatic rings. The van der Waals surface area contributed by atoms with Crippen LogP contribution in [0.4, 0.5) is 5.82 Å². The largest absolute Gasteiger partial charge is 0.369 e. The second-order valence-electron chi connectivity index (χ2n) is 5.65. The van der Waals surface area contributed by atoms with E-state index >= 15 is 0 Å². The molecule has 0 atom stereocenters. The van der Waals surface area contributed by atoms with Crippen LogP contribution in [0.25, 0.3) is 0 Å². The molecule has 0 aromatic carbocycles. The molecule has 98 valence electrons. The minimum absolute atomic E-state index is 0.551. The van der Waals surface area contributed by atoms with E-state index in [1.807, 2.05) is 6.92 Å². The Labute approximate surface area is 113 Å².